The molecule has 7 heteroatoms. The van der Waals surface area contributed by atoms with E-state index in [-0.39, 0.29) is 6.61 Å². The maximum Gasteiger partial charge on any atom is 0.330 e. The van der Waals surface area contributed by atoms with Gasteiger partial charge in [0.25, 0.3) is 5.92 Å². The normalized spacial score (nSPS) is 23.4. The molecule has 16 heavy (non-hydrogen) atoms. The summed E-state index contributed by atoms with van der Waals surface area (Å²) < 4.78 is 34.2. The summed E-state index contributed by atoms with van der Waals surface area (Å²) >= 11 is 0. The van der Waals surface area contributed by atoms with Gasteiger partial charge in [-0.2, -0.15) is 0 Å². The van der Waals surface area contributed by atoms with E-state index >= 15 is 0 Å². The van der Waals surface area contributed by atoms with Crippen LogP contribution in [0.3, 0.4) is 0 Å². The van der Waals surface area contributed by atoms with Gasteiger partial charge in [0.05, 0.1) is 13.7 Å². The molecule has 1 amide bonds. The van der Waals surface area contributed by atoms with Crippen LogP contribution in [0.15, 0.2) is 0 Å². The standard InChI is InChI=1S/C9H13F2NO4/c1-15-4-6(8(14)16-2)12-7(13)5-3-9(5,10)11/h5-6H,3-4H2,1-2H3,(H,12,13)/t5?,6-/m1/s1. The van der Waals surface area contributed by atoms with Gasteiger partial charge in [-0.3, -0.25) is 4.79 Å². The second kappa shape index (κ2) is 4.73. The lowest BCUT2D eigenvalue weighted by Crippen LogP contribution is -2.45. The Balaban J connectivity index is 2.49. The Labute approximate surface area is 91.1 Å². The highest BCUT2D eigenvalue weighted by Crippen LogP contribution is 2.48. The fourth-order valence-corrected chi connectivity index (χ4v) is 1.25. The predicted octanol–water partition coefficient (Wildman–Crippen LogP) is -0.0542. The Morgan fingerprint density at radius 3 is 2.44 bits per heavy atom. The van der Waals surface area contributed by atoms with Gasteiger partial charge in [-0.15, -0.1) is 0 Å². The number of methoxy groups -OCH3 is 2. The minimum atomic E-state index is -2.95. The molecule has 1 aliphatic carbocycles. The first kappa shape index (κ1) is 12.8. The van der Waals surface area contributed by atoms with Crippen molar-refractivity contribution in [1.29, 1.82) is 0 Å². The maximum absolute atomic E-state index is 12.6. The van der Waals surface area contributed by atoms with E-state index in [4.69, 9.17) is 0 Å². The van der Waals surface area contributed by atoms with E-state index in [2.05, 4.69) is 14.8 Å². The molecule has 0 aromatic rings. The Bertz CT molecular complexity index is 295. The number of carbonyl (C=O) groups is 2. The lowest BCUT2D eigenvalue weighted by atomic mass is 10.3. The number of halogens is 2. The van der Waals surface area contributed by atoms with E-state index in [1.165, 1.54) is 7.11 Å². The van der Waals surface area contributed by atoms with Gasteiger partial charge < -0.3 is 14.8 Å². The van der Waals surface area contributed by atoms with Gasteiger partial charge in [0, 0.05) is 13.5 Å². The Kier molecular flexibility index (Phi) is 3.79. The maximum atomic E-state index is 12.6. The number of hydrogen-bond donors (Lipinski definition) is 1. The van der Waals surface area contributed by atoms with E-state index in [9.17, 15) is 18.4 Å². The summed E-state index contributed by atoms with van der Waals surface area (Å²) in [5, 5.41) is 2.17. The zero-order valence-electron chi connectivity index (χ0n) is 8.96. The quantitative estimate of drug-likeness (QED) is 0.681. The third kappa shape index (κ3) is 2.88. The summed E-state index contributed by atoms with van der Waals surface area (Å²) in [5.41, 5.74) is 0. The van der Waals surface area contributed by atoms with E-state index in [1.807, 2.05) is 0 Å². The van der Waals surface area contributed by atoms with Crippen LogP contribution in [0, 0.1) is 5.92 Å². The van der Waals surface area contributed by atoms with E-state index in [1.54, 1.807) is 0 Å². The number of hydrogen-bond acceptors (Lipinski definition) is 4. The number of alkyl halides is 2. The molecule has 92 valence electrons. The van der Waals surface area contributed by atoms with Gasteiger partial charge in [-0.1, -0.05) is 0 Å². The van der Waals surface area contributed by atoms with Crippen molar-refractivity contribution in [3.8, 4) is 0 Å². The van der Waals surface area contributed by atoms with Crippen molar-refractivity contribution < 1.29 is 27.8 Å². The van der Waals surface area contributed by atoms with Crippen LogP contribution < -0.4 is 5.32 Å². The molecule has 5 nitrogen and oxygen atoms in total. The molecule has 0 heterocycles. The summed E-state index contributed by atoms with van der Waals surface area (Å²) in [6, 6.07) is -1.04. The molecular formula is C9H13F2NO4. The zero-order chi connectivity index (χ0) is 12.3. The highest BCUT2D eigenvalue weighted by atomic mass is 19.3. The second-order valence-electron chi connectivity index (χ2n) is 3.56. The topological polar surface area (TPSA) is 64.6 Å². The zero-order valence-corrected chi connectivity index (χ0v) is 8.96. The van der Waals surface area contributed by atoms with Crippen molar-refractivity contribution in [2.45, 2.75) is 18.4 Å². The van der Waals surface area contributed by atoms with Crippen molar-refractivity contribution in [1.82, 2.24) is 5.32 Å². The van der Waals surface area contributed by atoms with Crippen molar-refractivity contribution in [3.63, 3.8) is 0 Å². The van der Waals surface area contributed by atoms with E-state index in [0.717, 1.165) is 7.11 Å². The van der Waals surface area contributed by atoms with E-state index < -0.39 is 36.2 Å². The molecule has 2 atom stereocenters. The fourth-order valence-electron chi connectivity index (χ4n) is 1.25. The first-order valence-corrected chi connectivity index (χ1v) is 4.67. The molecule has 1 unspecified atom stereocenters. The number of nitrogens with one attached hydrogen (secondary N) is 1. The number of ether oxygens (including phenoxy) is 2. The summed E-state index contributed by atoms with van der Waals surface area (Å²) in [7, 11) is 2.47. The van der Waals surface area contributed by atoms with Crippen molar-refractivity contribution in [2.75, 3.05) is 20.8 Å². The van der Waals surface area contributed by atoms with E-state index in [0.29, 0.717) is 0 Å². The largest absolute Gasteiger partial charge is 0.467 e. The molecule has 0 aromatic heterocycles. The van der Waals surface area contributed by atoms with Crippen LogP contribution in [-0.4, -0.2) is 44.7 Å². The molecule has 0 saturated heterocycles. The lowest BCUT2D eigenvalue weighted by molar-refractivity contribution is -0.147. The first-order chi connectivity index (χ1) is 7.42. The van der Waals surface area contributed by atoms with Crippen LogP contribution >= 0.6 is 0 Å². The number of rotatable bonds is 5. The second-order valence-corrected chi connectivity index (χ2v) is 3.56. The molecule has 0 aliphatic heterocycles. The van der Waals surface area contributed by atoms with Crippen molar-refractivity contribution in [2.24, 2.45) is 5.92 Å². The molecule has 0 aromatic carbocycles. The molecule has 1 N–H and O–H groups in total. The molecule has 1 rings (SSSR count). The molecule has 0 radical (unpaired) electrons. The molecule has 1 fully saturated rings. The van der Waals surface area contributed by atoms with Crippen molar-refractivity contribution in [3.05, 3.63) is 0 Å². The SMILES string of the molecule is COC[C@@H](NC(=O)C1CC1(F)F)C(=O)OC. The fraction of sp³-hybridized carbons (Fsp3) is 0.778. The Morgan fingerprint density at radius 2 is 2.06 bits per heavy atom. The average Bonchev–Trinajstić information content (AvgIpc) is 2.86. The van der Waals surface area contributed by atoms with Gasteiger partial charge in [0.15, 0.2) is 6.04 Å². The first-order valence-electron chi connectivity index (χ1n) is 4.67. The Hall–Kier alpha value is -1.24. The predicted molar refractivity (Wildman–Crippen MR) is 48.9 cm³/mol. The number of esters is 1. The summed E-state index contributed by atoms with van der Waals surface area (Å²) in [4.78, 5) is 22.4. The smallest absolute Gasteiger partial charge is 0.330 e. The number of amides is 1. The van der Waals surface area contributed by atoms with Crippen LogP contribution in [0.25, 0.3) is 0 Å². The summed E-state index contributed by atoms with van der Waals surface area (Å²) in [6.45, 7) is -0.114. The number of carbonyl (C=O) groups excluding carboxylic acids is 2. The van der Waals surface area contributed by atoms with Crippen LogP contribution in [0.5, 0.6) is 0 Å². The van der Waals surface area contributed by atoms with Crippen LogP contribution in [0.1, 0.15) is 6.42 Å². The third-order valence-corrected chi connectivity index (χ3v) is 2.28. The molecule has 0 spiro atoms. The highest BCUT2D eigenvalue weighted by molar-refractivity contribution is 5.88. The highest BCUT2D eigenvalue weighted by Gasteiger charge is 2.61. The monoisotopic (exact) mass is 237 g/mol. The Morgan fingerprint density at radius 1 is 1.50 bits per heavy atom. The van der Waals surface area contributed by atoms with Gasteiger partial charge in [-0.25, -0.2) is 13.6 Å². The van der Waals surface area contributed by atoms with Gasteiger partial charge >= 0.3 is 5.97 Å². The molecule has 1 saturated carbocycles. The van der Waals surface area contributed by atoms with Crippen LogP contribution in [0.4, 0.5) is 8.78 Å². The third-order valence-electron chi connectivity index (χ3n) is 2.28. The minimum Gasteiger partial charge on any atom is -0.467 e. The minimum absolute atomic E-state index is 0.114. The summed E-state index contributed by atoms with van der Waals surface area (Å²) in [6.07, 6.45) is -0.473. The molecule has 1 aliphatic rings. The summed E-state index contributed by atoms with van der Waals surface area (Å²) in [5.74, 6) is -5.86. The van der Waals surface area contributed by atoms with Crippen LogP contribution in [-0.2, 0) is 19.1 Å². The lowest BCUT2D eigenvalue weighted by Gasteiger charge is -2.15. The van der Waals surface area contributed by atoms with Crippen LogP contribution in [0.2, 0.25) is 0 Å². The average molecular weight is 237 g/mol. The van der Waals surface area contributed by atoms with Gasteiger partial charge in [0.1, 0.15) is 5.92 Å². The molecule has 0 bridgehead atoms. The van der Waals surface area contributed by atoms with Crippen molar-refractivity contribution >= 4 is 11.9 Å². The van der Waals surface area contributed by atoms with Gasteiger partial charge in [0.2, 0.25) is 5.91 Å². The molecular weight excluding hydrogens is 224 g/mol. The van der Waals surface area contributed by atoms with Gasteiger partial charge in [-0.05, 0) is 0 Å².